The summed E-state index contributed by atoms with van der Waals surface area (Å²) in [5, 5.41) is 18.4. The quantitative estimate of drug-likeness (QED) is 0.741. The predicted octanol–water partition coefficient (Wildman–Crippen LogP) is 1.63. The first-order valence-electron chi connectivity index (χ1n) is 6.37. The van der Waals surface area contributed by atoms with E-state index >= 15 is 0 Å². The number of hydrogen-bond acceptors (Lipinski definition) is 4. The average Bonchev–Trinajstić information content (AvgIpc) is 2.37. The topological polar surface area (TPSA) is 109 Å². The van der Waals surface area contributed by atoms with Gasteiger partial charge >= 0.3 is 11.9 Å². The van der Waals surface area contributed by atoms with Crippen molar-refractivity contribution in [3.8, 4) is 0 Å². The summed E-state index contributed by atoms with van der Waals surface area (Å²) in [4.78, 5) is 46.6. The molecule has 1 aromatic rings. The number of hydrogen-bond donors (Lipinski definition) is 2. The Kier molecular flexibility index (Phi) is 5.14. The molecule has 0 saturated carbocycles. The first kappa shape index (κ1) is 17.5. The van der Waals surface area contributed by atoms with Crippen LogP contribution in [-0.2, 0) is 19.2 Å². The summed E-state index contributed by atoms with van der Waals surface area (Å²) in [6, 6.07) is 4.89. The van der Waals surface area contributed by atoms with Crippen molar-refractivity contribution >= 4 is 23.5 Å². The van der Waals surface area contributed by atoms with Gasteiger partial charge in [0, 0.05) is 5.92 Å². The van der Waals surface area contributed by atoms with Gasteiger partial charge in [-0.15, -0.1) is 0 Å². The number of carbonyl (C=O) groups is 4. The second-order valence-corrected chi connectivity index (χ2v) is 4.90. The molecule has 118 valence electrons. The monoisotopic (exact) mass is 310 g/mol. The molecule has 0 spiro atoms. The molecule has 0 aliphatic rings. The van der Waals surface area contributed by atoms with E-state index in [0.29, 0.717) is 0 Å². The van der Waals surface area contributed by atoms with Crippen molar-refractivity contribution in [2.24, 2.45) is 5.41 Å². The number of carboxylic acids is 2. The zero-order valence-corrected chi connectivity index (χ0v) is 12.0. The van der Waals surface area contributed by atoms with Crippen LogP contribution >= 0.6 is 0 Å². The number of halogens is 1. The molecular formula is C15H15FO6. The van der Waals surface area contributed by atoms with E-state index in [1.165, 1.54) is 18.2 Å². The second kappa shape index (κ2) is 6.46. The van der Waals surface area contributed by atoms with Crippen molar-refractivity contribution in [1.82, 2.24) is 0 Å². The van der Waals surface area contributed by atoms with Gasteiger partial charge in [-0.25, -0.2) is 4.39 Å². The number of Topliss-reactive ketones (excluding diaryl/α,β-unsaturated/α-hetero) is 2. The molecule has 0 heterocycles. The number of benzene rings is 1. The summed E-state index contributed by atoms with van der Waals surface area (Å²) < 4.78 is 14.0. The smallest absolute Gasteiger partial charge is 0.325 e. The van der Waals surface area contributed by atoms with Crippen LogP contribution in [0.4, 0.5) is 4.39 Å². The number of carbonyl (C=O) groups excluding carboxylic acids is 2. The Balaban J connectivity index is 3.70. The van der Waals surface area contributed by atoms with Crippen LogP contribution < -0.4 is 0 Å². The number of rotatable bonds is 7. The summed E-state index contributed by atoms with van der Waals surface area (Å²) in [7, 11) is 0. The van der Waals surface area contributed by atoms with Crippen molar-refractivity contribution < 1.29 is 33.8 Å². The van der Waals surface area contributed by atoms with Crippen molar-refractivity contribution in [3.05, 3.63) is 35.6 Å². The molecule has 0 aliphatic carbocycles. The van der Waals surface area contributed by atoms with Gasteiger partial charge in [0.2, 0.25) is 0 Å². The fraction of sp³-hybridized carbons (Fsp3) is 0.333. The van der Waals surface area contributed by atoms with Gasteiger partial charge in [-0.05, 0) is 25.5 Å². The molecule has 0 fully saturated rings. The molecule has 0 radical (unpaired) electrons. The minimum Gasteiger partial charge on any atom is -0.481 e. The summed E-state index contributed by atoms with van der Waals surface area (Å²) in [5.74, 6) is -7.83. The van der Waals surface area contributed by atoms with E-state index < -0.39 is 47.1 Å². The third kappa shape index (κ3) is 2.88. The van der Waals surface area contributed by atoms with Crippen LogP contribution in [0.2, 0.25) is 0 Å². The highest BCUT2D eigenvalue weighted by molar-refractivity contribution is 6.21. The van der Waals surface area contributed by atoms with E-state index in [1.54, 1.807) is 0 Å². The maximum atomic E-state index is 14.0. The fourth-order valence-electron chi connectivity index (χ4n) is 2.62. The Hall–Kier alpha value is -2.57. The van der Waals surface area contributed by atoms with E-state index in [1.807, 2.05) is 0 Å². The van der Waals surface area contributed by atoms with Crippen LogP contribution in [-0.4, -0.2) is 33.7 Å². The third-order valence-corrected chi connectivity index (χ3v) is 3.63. The highest BCUT2D eigenvalue weighted by Gasteiger charge is 2.56. The van der Waals surface area contributed by atoms with Gasteiger partial charge in [0.25, 0.3) is 0 Å². The Morgan fingerprint density at radius 1 is 1.09 bits per heavy atom. The van der Waals surface area contributed by atoms with Crippen LogP contribution in [0.15, 0.2) is 24.3 Å². The molecule has 6 nitrogen and oxygen atoms in total. The van der Waals surface area contributed by atoms with Crippen molar-refractivity contribution in [2.75, 3.05) is 0 Å². The normalized spacial score (nSPS) is 12.5. The molecule has 2 N–H and O–H groups in total. The lowest BCUT2D eigenvalue weighted by Gasteiger charge is -2.32. The van der Waals surface area contributed by atoms with E-state index in [0.717, 1.165) is 19.9 Å². The first-order chi connectivity index (χ1) is 10.2. The zero-order valence-electron chi connectivity index (χ0n) is 12.0. The standard InChI is InChI=1S/C15H15FO6/c1-8(17)15(9(2)18,14(21)22)11(7-13(19)20)10-5-3-4-6-12(10)16/h3-6,11H,7H2,1-2H3,(H,19,20)(H,21,22). The predicted molar refractivity (Wildman–Crippen MR) is 72.8 cm³/mol. The molecule has 1 unspecified atom stereocenters. The highest BCUT2D eigenvalue weighted by atomic mass is 19.1. The lowest BCUT2D eigenvalue weighted by atomic mass is 9.65. The molecule has 0 amide bonds. The van der Waals surface area contributed by atoms with Gasteiger partial charge in [0.05, 0.1) is 6.42 Å². The minimum absolute atomic E-state index is 0.294. The van der Waals surface area contributed by atoms with E-state index in [4.69, 9.17) is 5.11 Å². The van der Waals surface area contributed by atoms with Crippen LogP contribution in [0, 0.1) is 11.2 Å². The molecule has 0 aromatic heterocycles. The lowest BCUT2D eigenvalue weighted by molar-refractivity contribution is -0.161. The summed E-state index contributed by atoms with van der Waals surface area (Å²) >= 11 is 0. The second-order valence-electron chi connectivity index (χ2n) is 4.90. The number of aliphatic carboxylic acids is 2. The van der Waals surface area contributed by atoms with E-state index in [-0.39, 0.29) is 5.56 Å². The van der Waals surface area contributed by atoms with E-state index in [9.17, 15) is 28.7 Å². The maximum Gasteiger partial charge on any atom is 0.325 e. The van der Waals surface area contributed by atoms with Crippen LogP contribution in [0.5, 0.6) is 0 Å². The van der Waals surface area contributed by atoms with Gasteiger partial charge in [-0.1, -0.05) is 18.2 Å². The minimum atomic E-state index is -2.64. The summed E-state index contributed by atoms with van der Waals surface area (Å²) in [6.07, 6.45) is -0.869. The fourth-order valence-corrected chi connectivity index (χ4v) is 2.62. The molecule has 0 saturated heterocycles. The molecular weight excluding hydrogens is 295 g/mol. The first-order valence-corrected chi connectivity index (χ1v) is 6.37. The SMILES string of the molecule is CC(=O)C(C(C)=O)(C(=O)O)C(CC(=O)O)c1ccccc1F. The van der Waals surface area contributed by atoms with Gasteiger partial charge in [0.1, 0.15) is 5.82 Å². The Morgan fingerprint density at radius 2 is 1.59 bits per heavy atom. The molecule has 7 heteroatoms. The van der Waals surface area contributed by atoms with Gasteiger partial charge in [-0.3, -0.25) is 19.2 Å². The largest absolute Gasteiger partial charge is 0.481 e. The highest BCUT2D eigenvalue weighted by Crippen LogP contribution is 2.42. The molecule has 1 rings (SSSR count). The summed E-state index contributed by atoms with van der Waals surface area (Å²) in [5.41, 5.74) is -2.93. The van der Waals surface area contributed by atoms with Crippen molar-refractivity contribution in [2.45, 2.75) is 26.2 Å². The van der Waals surface area contributed by atoms with Crippen LogP contribution in [0.3, 0.4) is 0 Å². The molecule has 0 bridgehead atoms. The number of carboxylic acid groups (broad SMARTS) is 2. The third-order valence-electron chi connectivity index (χ3n) is 3.63. The van der Waals surface area contributed by atoms with Crippen molar-refractivity contribution in [3.63, 3.8) is 0 Å². The maximum absolute atomic E-state index is 14.0. The Bertz CT molecular complexity index is 601. The molecule has 1 aromatic carbocycles. The van der Waals surface area contributed by atoms with Gasteiger partial charge in [-0.2, -0.15) is 0 Å². The molecule has 1 atom stereocenters. The van der Waals surface area contributed by atoms with Crippen LogP contribution in [0.25, 0.3) is 0 Å². The Labute approximate surface area is 125 Å². The van der Waals surface area contributed by atoms with Crippen LogP contribution in [0.1, 0.15) is 31.7 Å². The van der Waals surface area contributed by atoms with Crippen molar-refractivity contribution in [1.29, 1.82) is 0 Å². The van der Waals surface area contributed by atoms with Gasteiger partial charge in [0.15, 0.2) is 17.0 Å². The average molecular weight is 310 g/mol. The van der Waals surface area contributed by atoms with E-state index in [2.05, 4.69) is 0 Å². The zero-order chi connectivity index (χ0) is 17.1. The van der Waals surface area contributed by atoms with Gasteiger partial charge < -0.3 is 10.2 Å². The molecule has 0 aliphatic heterocycles. The Morgan fingerprint density at radius 3 is 1.95 bits per heavy atom. The molecule has 22 heavy (non-hydrogen) atoms. The lowest BCUT2D eigenvalue weighted by Crippen LogP contribution is -2.49. The number of ketones is 2. The summed E-state index contributed by atoms with van der Waals surface area (Å²) in [6.45, 7) is 1.76.